The van der Waals surface area contributed by atoms with Gasteiger partial charge in [0.1, 0.15) is 12.4 Å². The monoisotopic (exact) mass is 398 g/mol. The van der Waals surface area contributed by atoms with Gasteiger partial charge in [-0.15, -0.1) is 0 Å². The topological polar surface area (TPSA) is 50.4 Å². The van der Waals surface area contributed by atoms with E-state index in [2.05, 4.69) is 16.6 Å². The first-order chi connectivity index (χ1) is 12.2. The molecular formula is C20H31ClN2O2S. The summed E-state index contributed by atoms with van der Waals surface area (Å²) in [4.78, 5) is 0. The largest absolute Gasteiger partial charge is 0.489 e. The van der Waals surface area contributed by atoms with Crippen LogP contribution in [0.3, 0.4) is 0 Å². The second-order valence-electron chi connectivity index (χ2n) is 7.80. The van der Waals surface area contributed by atoms with Crippen LogP contribution >= 0.6 is 11.6 Å². The lowest BCUT2D eigenvalue weighted by atomic mass is 9.86. The molecule has 1 aromatic rings. The fourth-order valence-corrected chi connectivity index (χ4v) is 4.15. The zero-order valence-electron chi connectivity index (χ0n) is 16.2. The molecule has 0 aromatic heterocycles. The Morgan fingerprint density at radius 3 is 2.65 bits per heavy atom. The molecule has 26 heavy (non-hydrogen) atoms. The summed E-state index contributed by atoms with van der Waals surface area (Å²) in [5.41, 5.74) is 1.95. The van der Waals surface area contributed by atoms with Crippen LogP contribution in [0.2, 0.25) is 5.02 Å². The molecule has 0 radical (unpaired) electrons. The van der Waals surface area contributed by atoms with Crippen LogP contribution in [0.4, 0.5) is 0 Å². The first-order valence-electron chi connectivity index (χ1n) is 9.16. The molecule has 0 saturated carbocycles. The summed E-state index contributed by atoms with van der Waals surface area (Å²) in [5, 5.41) is 4.10. The van der Waals surface area contributed by atoms with E-state index in [1.165, 1.54) is 0 Å². The molecule has 146 valence electrons. The maximum atomic E-state index is 12.9. The number of benzene rings is 1. The Balaban J connectivity index is 2.44. The van der Waals surface area contributed by atoms with Crippen LogP contribution < -0.4 is 14.8 Å². The highest BCUT2D eigenvalue weighted by atomic mass is 35.5. The summed E-state index contributed by atoms with van der Waals surface area (Å²) in [7, 11) is -1.18. The lowest BCUT2D eigenvalue weighted by Gasteiger charge is -2.34. The third-order valence-electron chi connectivity index (χ3n) is 4.63. The van der Waals surface area contributed by atoms with E-state index in [4.69, 9.17) is 16.3 Å². The van der Waals surface area contributed by atoms with E-state index in [1.807, 2.05) is 39.8 Å². The molecule has 1 heterocycles. The van der Waals surface area contributed by atoms with Gasteiger partial charge >= 0.3 is 0 Å². The maximum absolute atomic E-state index is 12.9. The van der Waals surface area contributed by atoms with Crippen molar-refractivity contribution < 1.29 is 8.95 Å². The highest BCUT2D eigenvalue weighted by Crippen LogP contribution is 2.38. The van der Waals surface area contributed by atoms with Gasteiger partial charge in [-0.1, -0.05) is 24.3 Å². The van der Waals surface area contributed by atoms with Crippen molar-refractivity contribution in [3.63, 3.8) is 0 Å². The van der Waals surface area contributed by atoms with Crippen LogP contribution in [0.1, 0.15) is 50.8 Å². The molecule has 0 bridgehead atoms. The lowest BCUT2D eigenvalue weighted by Crippen LogP contribution is -2.41. The number of ether oxygens (including phenoxy) is 1. The number of rotatable bonds is 7. The van der Waals surface area contributed by atoms with Crippen molar-refractivity contribution in [2.75, 3.05) is 19.7 Å². The van der Waals surface area contributed by atoms with Crippen LogP contribution in [-0.2, 0) is 11.0 Å². The number of aryl methyl sites for hydroxylation is 1. The van der Waals surface area contributed by atoms with E-state index in [-0.39, 0.29) is 10.8 Å². The van der Waals surface area contributed by atoms with E-state index in [9.17, 15) is 4.21 Å². The average molecular weight is 399 g/mol. The summed E-state index contributed by atoms with van der Waals surface area (Å²) in [6.45, 7) is 14.0. The van der Waals surface area contributed by atoms with Crippen LogP contribution in [0.5, 0.6) is 5.75 Å². The zero-order valence-corrected chi connectivity index (χ0v) is 17.8. The third kappa shape index (κ3) is 5.56. The molecule has 0 aliphatic carbocycles. The van der Waals surface area contributed by atoms with Gasteiger partial charge in [0.25, 0.3) is 0 Å². The average Bonchev–Trinajstić information content (AvgIpc) is 2.60. The molecule has 0 amide bonds. The molecule has 1 saturated heterocycles. The Kier molecular flexibility index (Phi) is 7.71. The molecule has 2 rings (SSSR count). The molecule has 4 nitrogen and oxygen atoms in total. The quantitative estimate of drug-likeness (QED) is 0.673. The van der Waals surface area contributed by atoms with Crippen molar-refractivity contribution >= 4 is 22.6 Å². The number of halogens is 1. The molecule has 1 aliphatic rings. The molecule has 1 fully saturated rings. The Hall–Kier alpha value is -0.880. The van der Waals surface area contributed by atoms with Crippen molar-refractivity contribution in [1.82, 2.24) is 10.0 Å². The molecule has 1 unspecified atom stereocenters. The molecule has 1 aromatic carbocycles. The van der Waals surface area contributed by atoms with Crippen LogP contribution in [-0.4, -0.2) is 28.7 Å². The highest BCUT2D eigenvalue weighted by Gasteiger charge is 2.32. The predicted molar refractivity (Wildman–Crippen MR) is 111 cm³/mol. The van der Waals surface area contributed by atoms with Gasteiger partial charge in [-0.3, -0.25) is 0 Å². The van der Waals surface area contributed by atoms with Gasteiger partial charge in [0, 0.05) is 10.6 Å². The minimum atomic E-state index is -1.18. The predicted octanol–water partition coefficient (Wildman–Crippen LogP) is 4.31. The van der Waals surface area contributed by atoms with E-state index in [0.29, 0.717) is 17.5 Å². The lowest BCUT2D eigenvalue weighted by molar-refractivity contribution is 0.295. The minimum absolute atomic E-state index is 0.0740. The second-order valence-corrected chi connectivity index (χ2v) is 10.2. The number of hydrogen-bond acceptors (Lipinski definition) is 3. The highest BCUT2D eigenvalue weighted by molar-refractivity contribution is 7.84. The number of hydrogen-bond donors (Lipinski definition) is 2. The molecule has 6 heteroatoms. The Morgan fingerprint density at radius 1 is 1.42 bits per heavy atom. The van der Waals surface area contributed by atoms with E-state index < -0.39 is 11.0 Å². The van der Waals surface area contributed by atoms with Crippen molar-refractivity contribution in [2.24, 2.45) is 5.92 Å². The summed E-state index contributed by atoms with van der Waals surface area (Å²) in [5.74, 6) is 1.15. The van der Waals surface area contributed by atoms with E-state index in [0.717, 1.165) is 42.8 Å². The van der Waals surface area contributed by atoms with Gasteiger partial charge < -0.3 is 10.1 Å². The summed E-state index contributed by atoms with van der Waals surface area (Å²) >= 11 is 6.44. The molecule has 0 spiro atoms. The Bertz CT molecular complexity index is 652. The first kappa shape index (κ1) is 21.4. The van der Waals surface area contributed by atoms with Crippen molar-refractivity contribution in [1.29, 1.82) is 0 Å². The molecule has 2 atom stereocenters. The van der Waals surface area contributed by atoms with Gasteiger partial charge in [0.15, 0.2) is 0 Å². The van der Waals surface area contributed by atoms with Crippen molar-refractivity contribution in [3.8, 4) is 5.75 Å². The fraction of sp³-hybridized carbons (Fsp3) is 0.600. The van der Waals surface area contributed by atoms with Gasteiger partial charge in [0.2, 0.25) is 0 Å². The second kappa shape index (κ2) is 9.36. The Labute approximate surface area is 165 Å². The SMILES string of the molecule is C=CCOc1cc(C)c(Cl)cc1C(N[S@](=O)C(C)(C)C)C1CCNCC1. The van der Waals surface area contributed by atoms with Crippen molar-refractivity contribution in [3.05, 3.63) is 40.9 Å². The Morgan fingerprint density at radius 2 is 2.08 bits per heavy atom. The van der Waals surface area contributed by atoms with Gasteiger partial charge in [-0.25, -0.2) is 8.93 Å². The van der Waals surface area contributed by atoms with Gasteiger partial charge in [0.05, 0.1) is 21.8 Å². The minimum Gasteiger partial charge on any atom is -0.489 e. The van der Waals surface area contributed by atoms with Crippen molar-refractivity contribution in [2.45, 2.75) is 51.3 Å². The number of piperidine rings is 1. The van der Waals surface area contributed by atoms with Gasteiger partial charge in [-0.2, -0.15) is 0 Å². The van der Waals surface area contributed by atoms with E-state index >= 15 is 0 Å². The maximum Gasteiger partial charge on any atom is 0.124 e. The van der Waals surface area contributed by atoms with Gasteiger partial charge in [-0.05, 0) is 77.2 Å². The first-order valence-corrected chi connectivity index (χ1v) is 10.7. The zero-order chi connectivity index (χ0) is 19.3. The third-order valence-corrected chi connectivity index (χ3v) is 6.62. The summed E-state index contributed by atoms with van der Waals surface area (Å²) in [6.07, 6.45) is 3.77. The number of nitrogens with one attached hydrogen (secondary N) is 2. The summed E-state index contributed by atoms with van der Waals surface area (Å²) in [6, 6.07) is 3.86. The molecule has 2 N–H and O–H groups in total. The smallest absolute Gasteiger partial charge is 0.124 e. The van der Waals surface area contributed by atoms with Crippen LogP contribution in [0, 0.1) is 12.8 Å². The summed E-state index contributed by atoms with van der Waals surface area (Å²) < 4.78 is 21.8. The van der Waals surface area contributed by atoms with E-state index in [1.54, 1.807) is 6.08 Å². The molecule has 1 aliphatic heterocycles. The normalized spacial score (nSPS) is 18.3. The standard InChI is InChI=1S/C20H31ClN2O2S/c1-6-11-25-18-12-14(2)17(21)13-16(18)19(15-7-9-22-10-8-15)23-26(24)20(3,4)5/h6,12-13,15,19,22-23H,1,7-11H2,2-5H3/t19?,26-/m1/s1. The van der Waals surface area contributed by atoms with Crippen LogP contribution in [0.25, 0.3) is 0 Å². The van der Waals surface area contributed by atoms with Crippen LogP contribution in [0.15, 0.2) is 24.8 Å². The fourth-order valence-electron chi connectivity index (χ4n) is 3.07. The molecular weight excluding hydrogens is 368 g/mol.